The molecule has 1 saturated heterocycles. The van der Waals surface area contributed by atoms with Crippen molar-refractivity contribution in [2.24, 2.45) is 7.05 Å². The highest BCUT2D eigenvalue weighted by molar-refractivity contribution is 6.07. The number of aryl methyl sites for hydroxylation is 3. The Morgan fingerprint density at radius 2 is 1.89 bits per heavy atom. The van der Waals surface area contributed by atoms with Crippen LogP contribution in [0.25, 0.3) is 0 Å². The van der Waals surface area contributed by atoms with Crippen LogP contribution in [-0.2, 0) is 11.8 Å². The Hall–Kier alpha value is -4.51. The Morgan fingerprint density at radius 1 is 1.11 bits per heavy atom. The number of nitrogens with one attached hydrogen (secondary N) is 2. The molecule has 45 heavy (non-hydrogen) atoms. The molecule has 3 aromatic rings. The zero-order valence-electron chi connectivity index (χ0n) is 26.8. The van der Waals surface area contributed by atoms with Gasteiger partial charge in [0.1, 0.15) is 5.75 Å². The second-order valence-electron chi connectivity index (χ2n) is 12.1. The summed E-state index contributed by atoms with van der Waals surface area (Å²) in [6.45, 7) is 14.0. The number of anilines is 1. The maximum absolute atomic E-state index is 13.4. The van der Waals surface area contributed by atoms with E-state index in [1.165, 1.54) is 24.5 Å². The second-order valence-corrected chi connectivity index (χ2v) is 12.1. The van der Waals surface area contributed by atoms with Gasteiger partial charge in [0.15, 0.2) is 11.9 Å². The van der Waals surface area contributed by atoms with Crippen LogP contribution in [-0.4, -0.2) is 81.1 Å². The highest BCUT2D eigenvalue weighted by atomic mass is 16.5. The third-order valence-corrected chi connectivity index (χ3v) is 8.45. The van der Waals surface area contributed by atoms with Crippen molar-refractivity contribution in [1.82, 2.24) is 29.9 Å². The summed E-state index contributed by atoms with van der Waals surface area (Å²) in [7, 11) is 1.79. The van der Waals surface area contributed by atoms with Crippen LogP contribution < -0.4 is 15.4 Å². The Kier molecular flexibility index (Phi) is 9.67. The van der Waals surface area contributed by atoms with E-state index in [9.17, 15) is 14.4 Å². The molecule has 2 N–H and O–H groups in total. The Bertz CT molecular complexity index is 1580. The van der Waals surface area contributed by atoms with Crippen molar-refractivity contribution in [2.75, 3.05) is 38.0 Å². The molecule has 0 bridgehead atoms. The molecular weight excluding hydrogens is 570 g/mol. The number of pyridine rings is 1. The van der Waals surface area contributed by atoms with E-state index in [-0.39, 0.29) is 29.3 Å². The molecule has 5 rings (SSSR count). The second kappa shape index (κ2) is 13.6. The van der Waals surface area contributed by atoms with Gasteiger partial charge >= 0.3 is 0 Å². The van der Waals surface area contributed by atoms with Crippen molar-refractivity contribution in [1.29, 1.82) is 0 Å². The first kappa shape index (κ1) is 31.9. The number of hydrogen-bond donors (Lipinski definition) is 2. The summed E-state index contributed by atoms with van der Waals surface area (Å²) < 4.78 is 8.33. The van der Waals surface area contributed by atoms with Gasteiger partial charge in [0.05, 0.1) is 11.3 Å². The molecule has 0 unspecified atom stereocenters. The van der Waals surface area contributed by atoms with Crippen LogP contribution in [0.4, 0.5) is 5.82 Å². The monoisotopic (exact) mass is 613 g/mol. The van der Waals surface area contributed by atoms with E-state index in [0.717, 1.165) is 11.3 Å². The Morgan fingerprint density at radius 3 is 2.49 bits per heavy atom. The van der Waals surface area contributed by atoms with E-state index in [2.05, 4.69) is 33.3 Å². The number of ether oxygens (including phenoxy) is 1. The number of aromatic nitrogens is 3. The zero-order valence-corrected chi connectivity index (χ0v) is 26.8. The summed E-state index contributed by atoms with van der Waals surface area (Å²) in [5, 5.41) is 10.1. The van der Waals surface area contributed by atoms with E-state index in [4.69, 9.17) is 9.72 Å². The van der Waals surface area contributed by atoms with Gasteiger partial charge in [-0.3, -0.25) is 28.9 Å². The predicted molar refractivity (Wildman–Crippen MR) is 172 cm³/mol. The fourth-order valence-electron chi connectivity index (χ4n) is 5.85. The van der Waals surface area contributed by atoms with E-state index in [0.29, 0.717) is 61.3 Å². The number of benzene rings is 1. The van der Waals surface area contributed by atoms with Crippen molar-refractivity contribution >= 4 is 23.5 Å². The topological polar surface area (TPSA) is 122 Å². The van der Waals surface area contributed by atoms with Crippen molar-refractivity contribution in [3.63, 3.8) is 0 Å². The van der Waals surface area contributed by atoms with Gasteiger partial charge in [-0.2, -0.15) is 5.10 Å². The number of amides is 3. The van der Waals surface area contributed by atoms with Crippen LogP contribution >= 0.6 is 0 Å². The third kappa shape index (κ3) is 7.42. The summed E-state index contributed by atoms with van der Waals surface area (Å²) in [5.74, 6) is 0.638. The standard InChI is InChI=1S/C34H43N7O4/c1-7-31(42)41-14-13-40(19-23(41)5)20-30(28-12-11-25(17-36-28)24-9-10-24)45-29-15-21(3)26(16-27(29)33(43)35-8-2)34(44)37-32-22(4)18-39(6)38-32/h7,11-12,15-18,23-24,30H,1,8-10,13-14,19-20H2,2-6H3,(H,35,43)(H,37,38,44)/t23-,30-/m1/s1. The number of rotatable bonds is 11. The minimum absolute atomic E-state index is 0.00350. The van der Waals surface area contributed by atoms with E-state index in [1.807, 2.05) is 51.1 Å². The van der Waals surface area contributed by atoms with Crippen LogP contribution in [0.15, 0.2) is 49.3 Å². The SMILES string of the molecule is C=CC(=O)N1CCN(C[C@@H](Oc2cc(C)c(C(=O)Nc3nn(C)cc3C)cc2C(=O)NCC)c2ccc(C3CC3)cn2)C[C@H]1C. The number of hydrogen-bond acceptors (Lipinski definition) is 7. The molecule has 11 nitrogen and oxygen atoms in total. The van der Waals surface area contributed by atoms with Crippen molar-refractivity contribution in [3.05, 3.63) is 82.8 Å². The molecule has 2 atom stereocenters. The fraction of sp³-hybridized carbons (Fsp3) is 0.441. The summed E-state index contributed by atoms with van der Waals surface area (Å²) in [4.78, 5) is 48.0. The first-order valence-electron chi connectivity index (χ1n) is 15.6. The van der Waals surface area contributed by atoms with Crippen molar-refractivity contribution in [2.45, 2.75) is 58.6 Å². The molecule has 238 valence electrons. The Balaban J connectivity index is 1.45. The van der Waals surface area contributed by atoms with Crippen LogP contribution in [0.5, 0.6) is 5.75 Å². The summed E-state index contributed by atoms with van der Waals surface area (Å²) >= 11 is 0. The molecule has 0 spiro atoms. The molecule has 1 aliphatic heterocycles. The van der Waals surface area contributed by atoms with Crippen molar-refractivity contribution in [3.8, 4) is 5.75 Å². The maximum atomic E-state index is 13.4. The average molecular weight is 614 g/mol. The summed E-state index contributed by atoms with van der Waals surface area (Å²) in [5.41, 5.74) is 4.09. The highest BCUT2D eigenvalue weighted by Gasteiger charge is 2.31. The smallest absolute Gasteiger partial charge is 0.257 e. The van der Waals surface area contributed by atoms with Gasteiger partial charge < -0.3 is 20.3 Å². The maximum Gasteiger partial charge on any atom is 0.257 e. The van der Waals surface area contributed by atoms with Gasteiger partial charge in [0.2, 0.25) is 5.91 Å². The quantitative estimate of drug-likeness (QED) is 0.312. The van der Waals surface area contributed by atoms with Gasteiger partial charge in [-0.15, -0.1) is 0 Å². The first-order valence-corrected chi connectivity index (χ1v) is 15.6. The lowest BCUT2D eigenvalue weighted by Crippen LogP contribution is -2.54. The molecule has 2 fully saturated rings. The van der Waals surface area contributed by atoms with Gasteiger partial charge in [-0.25, -0.2) is 0 Å². The molecule has 2 aromatic heterocycles. The lowest BCUT2D eigenvalue weighted by Gasteiger charge is -2.40. The molecule has 2 aliphatic rings. The molecule has 0 radical (unpaired) electrons. The summed E-state index contributed by atoms with van der Waals surface area (Å²) in [6, 6.07) is 7.46. The van der Waals surface area contributed by atoms with Crippen molar-refractivity contribution < 1.29 is 19.1 Å². The van der Waals surface area contributed by atoms with Gasteiger partial charge in [0.25, 0.3) is 11.8 Å². The van der Waals surface area contributed by atoms with E-state index >= 15 is 0 Å². The number of carbonyl (C=O) groups excluding carboxylic acids is 3. The molecule has 1 aliphatic carbocycles. The highest BCUT2D eigenvalue weighted by Crippen LogP contribution is 2.40. The van der Waals surface area contributed by atoms with Crippen LogP contribution in [0.1, 0.15) is 81.8 Å². The van der Waals surface area contributed by atoms with Crippen LogP contribution in [0.2, 0.25) is 0 Å². The molecular formula is C34H43N7O4. The van der Waals surface area contributed by atoms with Crippen LogP contribution in [0, 0.1) is 13.8 Å². The van der Waals surface area contributed by atoms with Gasteiger partial charge in [-0.1, -0.05) is 12.6 Å². The minimum Gasteiger partial charge on any atom is -0.482 e. The summed E-state index contributed by atoms with van der Waals surface area (Å²) in [6.07, 6.45) is 6.97. The lowest BCUT2D eigenvalue weighted by molar-refractivity contribution is -0.130. The van der Waals surface area contributed by atoms with Gasteiger partial charge in [-0.05, 0) is 81.9 Å². The molecule has 3 heterocycles. The fourth-order valence-corrected chi connectivity index (χ4v) is 5.85. The molecule has 3 amide bonds. The number of carbonyl (C=O) groups is 3. The average Bonchev–Trinajstić information content (AvgIpc) is 3.81. The normalized spacial score (nSPS) is 17.4. The van der Waals surface area contributed by atoms with E-state index in [1.54, 1.807) is 23.9 Å². The first-order chi connectivity index (χ1) is 21.6. The van der Waals surface area contributed by atoms with Crippen LogP contribution in [0.3, 0.4) is 0 Å². The lowest BCUT2D eigenvalue weighted by atomic mass is 10.0. The largest absolute Gasteiger partial charge is 0.482 e. The van der Waals surface area contributed by atoms with Gasteiger partial charge in [0, 0.05) is 69.3 Å². The number of piperazine rings is 1. The third-order valence-electron chi connectivity index (χ3n) is 8.45. The molecule has 11 heteroatoms. The Labute approximate surface area is 264 Å². The number of nitrogens with zero attached hydrogens (tertiary/aromatic N) is 5. The zero-order chi connectivity index (χ0) is 32.2. The molecule has 1 saturated carbocycles. The predicted octanol–water partition coefficient (Wildman–Crippen LogP) is 4.15. The van der Waals surface area contributed by atoms with E-state index < -0.39 is 6.10 Å². The minimum atomic E-state index is -0.504. The molecule has 1 aromatic carbocycles.